The van der Waals surface area contributed by atoms with Gasteiger partial charge in [-0.15, -0.1) is 4.72 Å². The summed E-state index contributed by atoms with van der Waals surface area (Å²) in [7, 11) is 0. The van der Waals surface area contributed by atoms with E-state index in [2.05, 4.69) is 4.72 Å². The SMILES string of the molecule is CC(F)(F)[C@@H](N[S@@+]([O-])C(C)(C)C)c1cccc(F)c1F. The summed E-state index contributed by atoms with van der Waals surface area (Å²) >= 11 is -1.85. The van der Waals surface area contributed by atoms with Gasteiger partial charge in [-0.05, 0) is 26.8 Å². The molecule has 0 radical (unpaired) electrons. The number of halogens is 4. The predicted octanol–water partition coefficient (Wildman–Crippen LogP) is 3.71. The number of benzene rings is 1. The van der Waals surface area contributed by atoms with Crippen LogP contribution in [0.3, 0.4) is 0 Å². The molecule has 1 N–H and O–H groups in total. The third kappa shape index (κ3) is 4.10. The largest absolute Gasteiger partial charge is 0.598 e. The highest BCUT2D eigenvalue weighted by molar-refractivity contribution is 7.90. The lowest BCUT2D eigenvalue weighted by Crippen LogP contribution is -2.46. The van der Waals surface area contributed by atoms with Gasteiger partial charge in [0.25, 0.3) is 5.92 Å². The fourth-order valence-corrected chi connectivity index (χ4v) is 2.37. The first-order valence-corrected chi connectivity index (χ1v) is 7.09. The Kier molecular flexibility index (Phi) is 5.10. The summed E-state index contributed by atoms with van der Waals surface area (Å²) in [6.07, 6.45) is 0. The standard InChI is InChI=1S/C13H17F4NOS/c1-12(2,3)20(19)18-11(13(4,16)17)8-6-5-7-9(14)10(8)15/h5-7,11,18H,1-4H3/t11-,20-/m0/s1. The summed E-state index contributed by atoms with van der Waals surface area (Å²) in [4.78, 5) is 0. The maximum Gasteiger partial charge on any atom is 0.268 e. The predicted molar refractivity (Wildman–Crippen MR) is 70.8 cm³/mol. The highest BCUT2D eigenvalue weighted by Crippen LogP contribution is 2.34. The molecule has 0 aromatic heterocycles. The molecule has 0 unspecified atom stereocenters. The Labute approximate surface area is 118 Å². The van der Waals surface area contributed by atoms with Crippen molar-refractivity contribution in [3.05, 3.63) is 35.4 Å². The molecule has 7 heteroatoms. The van der Waals surface area contributed by atoms with Gasteiger partial charge < -0.3 is 4.55 Å². The summed E-state index contributed by atoms with van der Waals surface area (Å²) in [5.41, 5.74) is -0.546. The van der Waals surface area contributed by atoms with Crippen LogP contribution in [-0.2, 0) is 11.4 Å². The molecule has 1 aromatic carbocycles. The number of rotatable bonds is 4. The Morgan fingerprint density at radius 1 is 1.15 bits per heavy atom. The van der Waals surface area contributed by atoms with E-state index in [4.69, 9.17) is 0 Å². The minimum atomic E-state index is -3.41. The Morgan fingerprint density at radius 3 is 2.15 bits per heavy atom. The van der Waals surface area contributed by atoms with Crippen molar-refractivity contribution in [2.75, 3.05) is 0 Å². The molecule has 0 saturated heterocycles. The van der Waals surface area contributed by atoms with Crippen LogP contribution in [0, 0.1) is 11.6 Å². The molecule has 2 atom stereocenters. The molecule has 0 heterocycles. The lowest BCUT2D eigenvalue weighted by atomic mass is 10.0. The molecule has 0 spiro atoms. The fourth-order valence-electron chi connectivity index (χ4n) is 1.47. The first-order valence-electron chi connectivity index (χ1n) is 5.94. The Morgan fingerprint density at radius 2 is 1.70 bits per heavy atom. The summed E-state index contributed by atoms with van der Waals surface area (Å²) in [6.45, 7) is 5.32. The molecule has 0 amide bonds. The first-order chi connectivity index (χ1) is 8.94. The molecular formula is C13H17F4NOS. The van der Waals surface area contributed by atoms with Crippen molar-refractivity contribution in [2.45, 2.75) is 44.4 Å². The number of nitrogens with one attached hydrogen (secondary N) is 1. The second-order valence-corrected chi connectivity index (χ2v) is 7.53. The minimum absolute atomic E-state index is 0.546. The molecule has 2 nitrogen and oxygen atoms in total. The molecule has 1 rings (SSSR count). The summed E-state index contributed by atoms with van der Waals surface area (Å²) in [5.74, 6) is -5.99. The zero-order valence-corrected chi connectivity index (χ0v) is 12.5. The van der Waals surface area contributed by atoms with Gasteiger partial charge in [0.05, 0.1) is 0 Å². The highest BCUT2D eigenvalue weighted by Gasteiger charge is 2.43. The molecule has 114 valence electrons. The van der Waals surface area contributed by atoms with Gasteiger partial charge in [-0.3, -0.25) is 0 Å². The van der Waals surface area contributed by atoms with Crippen LogP contribution in [-0.4, -0.2) is 15.2 Å². The van der Waals surface area contributed by atoms with Crippen LogP contribution < -0.4 is 4.72 Å². The van der Waals surface area contributed by atoms with Crippen LogP contribution in [0.4, 0.5) is 17.6 Å². The van der Waals surface area contributed by atoms with Crippen molar-refractivity contribution in [1.29, 1.82) is 0 Å². The monoisotopic (exact) mass is 311 g/mol. The normalized spacial score (nSPS) is 16.1. The fraction of sp³-hybridized carbons (Fsp3) is 0.538. The number of hydrogen-bond acceptors (Lipinski definition) is 2. The maximum absolute atomic E-state index is 13.7. The Hall–Kier alpha value is -0.790. The topological polar surface area (TPSA) is 35.1 Å². The van der Waals surface area contributed by atoms with Crippen LogP contribution >= 0.6 is 0 Å². The molecule has 0 aliphatic carbocycles. The molecule has 0 fully saturated rings. The second kappa shape index (κ2) is 5.91. The van der Waals surface area contributed by atoms with E-state index in [0.29, 0.717) is 6.92 Å². The average molecular weight is 311 g/mol. The molecule has 0 aliphatic rings. The Balaban J connectivity index is 3.18. The first kappa shape index (κ1) is 17.3. The van der Waals surface area contributed by atoms with Gasteiger partial charge in [-0.1, -0.05) is 12.1 Å². The number of alkyl halides is 2. The van der Waals surface area contributed by atoms with Crippen LogP contribution in [0.2, 0.25) is 0 Å². The quantitative estimate of drug-likeness (QED) is 0.679. The van der Waals surface area contributed by atoms with E-state index in [1.54, 1.807) is 20.8 Å². The van der Waals surface area contributed by atoms with Crippen LogP contribution in [0.15, 0.2) is 18.2 Å². The van der Waals surface area contributed by atoms with Crippen LogP contribution in [0.5, 0.6) is 0 Å². The minimum Gasteiger partial charge on any atom is -0.598 e. The third-order valence-electron chi connectivity index (χ3n) is 2.58. The van der Waals surface area contributed by atoms with Crippen molar-refractivity contribution >= 4 is 11.4 Å². The van der Waals surface area contributed by atoms with Gasteiger partial charge in [0, 0.05) is 23.8 Å². The van der Waals surface area contributed by atoms with Crippen molar-refractivity contribution in [3.8, 4) is 0 Å². The molecule has 0 saturated carbocycles. The summed E-state index contributed by atoms with van der Waals surface area (Å²) < 4.78 is 67.5. The van der Waals surface area contributed by atoms with Crippen molar-refractivity contribution in [3.63, 3.8) is 0 Å². The van der Waals surface area contributed by atoms with E-state index in [9.17, 15) is 22.1 Å². The molecule has 0 aliphatic heterocycles. The highest BCUT2D eigenvalue weighted by atomic mass is 32.2. The molecule has 1 aromatic rings. The van der Waals surface area contributed by atoms with E-state index in [1.165, 1.54) is 0 Å². The Bertz CT molecular complexity index is 470. The van der Waals surface area contributed by atoms with E-state index < -0.39 is 45.3 Å². The van der Waals surface area contributed by atoms with E-state index in [1.807, 2.05) is 0 Å². The zero-order valence-electron chi connectivity index (χ0n) is 11.6. The van der Waals surface area contributed by atoms with Gasteiger partial charge in [-0.2, -0.15) is 0 Å². The van der Waals surface area contributed by atoms with Gasteiger partial charge in [-0.25, -0.2) is 17.6 Å². The van der Waals surface area contributed by atoms with E-state index in [-0.39, 0.29) is 0 Å². The van der Waals surface area contributed by atoms with Gasteiger partial charge >= 0.3 is 0 Å². The maximum atomic E-state index is 13.7. The smallest absolute Gasteiger partial charge is 0.268 e. The van der Waals surface area contributed by atoms with E-state index in [0.717, 1.165) is 18.2 Å². The average Bonchev–Trinajstić information content (AvgIpc) is 2.27. The second-order valence-electron chi connectivity index (χ2n) is 5.53. The zero-order chi connectivity index (χ0) is 15.7. The van der Waals surface area contributed by atoms with Crippen molar-refractivity contribution < 1.29 is 22.1 Å². The van der Waals surface area contributed by atoms with Gasteiger partial charge in [0.15, 0.2) is 11.6 Å². The third-order valence-corrected chi connectivity index (χ3v) is 4.14. The van der Waals surface area contributed by atoms with Crippen molar-refractivity contribution in [1.82, 2.24) is 4.72 Å². The molecule has 0 bridgehead atoms. The summed E-state index contributed by atoms with van der Waals surface area (Å²) in [6, 6.07) is 1.14. The van der Waals surface area contributed by atoms with Gasteiger partial charge in [0.1, 0.15) is 10.8 Å². The van der Waals surface area contributed by atoms with Crippen LogP contribution in [0.1, 0.15) is 39.3 Å². The van der Waals surface area contributed by atoms with E-state index >= 15 is 0 Å². The van der Waals surface area contributed by atoms with Crippen molar-refractivity contribution in [2.24, 2.45) is 0 Å². The lowest BCUT2D eigenvalue weighted by Gasteiger charge is -2.30. The number of hydrogen-bond donors (Lipinski definition) is 1. The molecule has 20 heavy (non-hydrogen) atoms. The molecular weight excluding hydrogens is 294 g/mol. The summed E-state index contributed by atoms with van der Waals surface area (Å²) in [5, 5.41) is 0. The van der Waals surface area contributed by atoms with Crippen LogP contribution in [0.25, 0.3) is 0 Å². The lowest BCUT2D eigenvalue weighted by molar-refractivity contribution is -0.0133. The van der Waals surface area contributed by atoms with Gasteiger partial charge in [0.2, 0.25) is 0 Å².